The third kappa shape index (κ3) is 7.49. The second kappa shape index (κ2) is 13.4. The Morgan fingerprint density at radius 1 is 1.03 bits per heavy atom. The molecule has 0 aromatic heterocycles. The molecule has 5 heteroatoms. The molecule has 1 amide bonds. The molecule has 2 aromatic carbocycles. The molecule has 1 aliphatic rings. The van der Waals surface area contributed by atoms with Crippen LogP contribution in [0.3, 0.4) is 0 Å². The van der Waals surface area contributed by atoms with Gasteiger partial charge in [0.1, 0.15) is 5.75 Å². The van der Waals surface area contributed by atoms with Gasteiger partial charge in [0.05, 0.1) is 13.3 Å². The molecule has 186 valence electrons. The van der Waals surface area contributed by atoms with Gasteiger partial charge in [-0.1, -0.05) is 37.6 Å². The van der Waals surface area contributed by atoms with Crippen molar-refractivity contribution in [1.29, 1.82) is 0 Å². The largest absolute Gasteiger partial charge is 0.497 e. The predicted molar refractivity (Wildman–Crippen MR) is 141 cm³/mol. The van der Waals surface area contributed by atoms with E-state index in [9.17, 15) is 4.79 Å². The van der Waals surface area contributed by atoms with Crippen molar-refractivity contribution in [3.05, 3.63) is 59.7 Å². The minimum absolute atomic E-state index is 0.239. The number of hydrogen-bond donors (Lipinski definition) is 2. The van der Waals surface area contributed by atoms with Crippen molar-refractivity contribution >= 4 is 11.6 Å². The predicted octanol–water partition coefficient (Wildman–Crippen LogP) is 5.82. The molecular weight excluding hydrogens is 422 g/mol. The summed E-state index contributed by atoms with van der Waals surface area (Å²) < 4.78 is 5.33. The quantitative estimate of drug-likeness (QED) is 0.464. The third-order valence-electron chi connectivity index (χ3n) is 7.31. The standard InChI is InChI=1S/C29H43N3O2/c1-5-22-8-12-25(24-13-17-27(34-4)18-14-24)21-30-28(20-22)31-26-15-9-23(10-16-26)11-19-29(33)32(6-2)7-3/h9-10,13-18,22,25,28,30-31H,5-8,11-12,19-21H2,1-4H3. The Hall–Kier alpha value is -2.53. The number of aryl methyl sites for hydroxylation is 1. The number of carbonyl (C=O) groups is 1. The summed E-state index contributed by atoms with van der Waals surface area (Å²) in [4.78, 5) is 14.2. The van der Waals surface area contributed by atoms with E-state index in [1.54, 1.807) is 7.11 Å². The maximum atomic E-state index is 12.3. The number of rotatable bonds is 10. The van der Waals surface area contributed by atoms with Gasteiger partial charge in [0.2, 0.25) is 5.91 Å². The van der Waals surface area contributed by atoms with Gasteiger partial charge in [0.25, 0.3) is 0 Å². The van der Waals surface area contributed by atoms with Crippen LogP contribution in [0.2, 0.25) is 0 Å². The monoisotopic (exact) mass is 465 g/mol. The summed E-state index contributed by atoms with van der Waals surface area (Å²) in [5.74, 6) is 2.36. The van der Waals surface area contributed by atoms with Crippen molar-refractivity contribution in [3.63, 3.8) is 0 Å². The van der Waals surface area contributed by atoms with Gasteiger partial charge in [-0.2, -0.15) is 0 Å². The Labute approximate surface area is 206 Å². The van der Waals surface area contributed by atoms with Crippen LogP contribution in [0, 0.1) is 5.92 Å². The van der Waals surface area contributed by atoms with E-state index >= 15 is 0 Å². The number of carbonyl (C=O) groups excluding carboxylic acids is 1. The van der Waals surface area contributed by atoms with Crippen LogP contribution in [0.25, 0.3) is 0 Å². The Morgan fingerprint density at radius 3 is 2.35 bits per heavy atom. The molecule has 0 radical (unpaired) electrons. The van der Waals surface area contributed by atoms with Crippen LogP contribution in [-0.2, 0) is 11.2 Å². The fourth-order valence-electron chi connectivity index (χ4n) is 4.95. The Morgan fingerprint density at radius 2 is 1.74 bits per heavy atom. The minimum Gasteiger partial charge on any atom is -0.497 e. The van der Waals surface area contributed by atoms with Crippen LogP contribution in [-0.4, -0.2) is 43.7 Å². The third-order valence-corrected chi connectivity index (χ3v) is 7.31. The summed E-state index contributed by atoms with van der Waals surface area (Å²) in [6.07, 6.45) is 6.42. The van der Waals surface area contributed by atoms with E-state index < -0.39 is 0 Å². The lowest BCUT2D eigenvalue weighted by atomic mass is 9.85. The van der Waals surface area contributed by atoms with Gasteiger partial charge in [-0.05, 0) is 86.8 Å². The lowest BCUT2D eigenvalue weighted by Crippen LogP contribution is -2.41. The number of methoxy groups -OCH3 is 1. The molecule has 2 aromatic rings. The average Bonchev–Trinajstić information content (AvgIpc) is 2.86. The molecule has 1 fully saturated rings. The highest BCUT2D eigenvalue weighted by Gasteiger charge is 2.23. The van der Waals surface area contributed by atoms with Crippen LogP contribution < -0.4 is 15.4 Å². The first-order valence-corrected chi connectivity index (χ1v) is 13.1. The second-order valence-corrected chi connectivity index (χ2v) is 9.43. The van der Waals surface area contributed by atoms with E-state index in [0.717, 1.165) is 43.9 Å². The molecule has 5 nitrogen and oxygen atoms in total. The van der Waals surface area contributed by atoms with Crippen LogP contribution in [0.1, 0.15) is 69.9 Å². The molecule has 0 spiro atoms. The van der Waals surface area contributed by atoms with Gasteiger partial charge in [-0.3, -0.25) is 10.1 Å². The number of nitrogens with zero attached hydrogens (tertiary/aromatic N) is 1. The molecule has 0 aliphatic carbocycles. The Kier molecular flexibility index (Phi) is 10.3. The van der Waals surface area contributed by atoms with E-state index in [1.807, 2.05) is 18.7 Å². The normalized spacial score (nSPS) is 20.8. The van der Waals surface area contributed by atoms with Gasteiger partial charge in [0, 0.05) is 31.7 Å². The van der Waals surface area contributed by atoms with E-state index in [-0.39, 0.29) is 12.1 Å². The summed E-state index contributed by atoms with van der Waals surface area (Å²) in [7, 11) is 1.72. The second-order valence-electron chi connectivity index (χ2n) is 9.43. The highest BCUT2D eigenvalue weighted by atomic mass is 16.5. The first-order chi connectivity index (χ1) is 16.6. The zero-order valence-electron chi connectivity index (χ0n) is 21.5. The first kappa shape index (κ1) is 26.1. The van der Waals surface area contributed by atoms with E-state index in [4.69, 9.17) is 4.74 Å². The average molecular weight is 466 g/mol. The van der Waals surface area contributed by atoms with Gasteiger partial charge in [-0.15, -0.1) is 0 Å². The van der Waals surface area contributed by atoms with Crippen molar-refractivity contribution in [3.8, 4) is 5.75 Å². The highest BCUT2D eigenvalue weighted by molar-refractivity contribution is 5.76. The van der Waals surface area contributed by atoms with E-state index in [1.165, 1.54) is 30.4 Å². The zero-order valence-corrected chi connectivity index (χ0v) is 21.5. The minimum atomic E-state index is 0.239. The first-order valence-electron chi connectivity index (χ1n) is 13.1. The summed E-state index contributed by atoms with van der Waals surface area (Å²) in [6.45, 7) is 8.91. The molecule has 2 N–H and O–H groups in total. The molecule has 3 atom stereocenters. The number of benzene rings is 2. The molecule has 0 bridgehead atoms. The SMILES string of the molecule is CCC1CCC(c2ccc(OC)cc2)CNC(Nc2ccc(CCC(=O)N(CC)CC)cc2)C1. The lowest BCUT2D eigenvalue weighted by molar-refractivity contribution is -0.130. The molecule has 1 aliphatic heterocycles. The maximum Gasteiger partial charge on any atom is 0.222 e. The Bertz CT molecular complexity index is 862. The molecule has 34 heavy (non-hydrogen) atoms. The summed E-state index contributed by atoms with van der Waals surface area (Å²) >= 11 is 0. The maximum absolute atomic E-state index is 12.3. The number of amides is 1. The van der Waals surface area contributed by atoms with Gasteiger partial charge < -0.3 is 15.0 Å². The van der Waals surface area contributed by atoms with Crippen molar-refractivity contribution in [1.82, 2.24) is 10.2 Å². The number of nitrogens with one attached hydrogen (secondary N) is 2. The Balaban J connectivity index is 1.58. The molecule has 0 saturated carbocycles. The van der Waals surface area contributed by atoms with Crippen molar-refractivity contribution in [2.24, 2.45) is 5.92 Å². The fraction of sp³-hybridized carbons (Fsp3) is 0.552. The molecule has 3 unspecified atom stereocenters. The molecule has 1 saturated heterocycles. The zero-order chi connectivity index (χ0) is 24.3. The van der Waals surface area contributed by atoms with Crippen LogP contribution in [0.15, 0.2) is 48.5 Å². The van der Waals surface area contributed by atoms with E-state index in [0.29, 0.717) is 18.3 Å². The van der Waals surface area contributed by atoms with Gasteiger partial charge >= 0.3 is 0 Å². The van der Waals surface area contributed by atoms with Crippen molar-refractivity contribution in [2.75, 3.05) is 32.1 Å². The summed E-state index contributed by atoms with van der Waals surface area (Å²) in [5, 5.41) is 7.52. The fourth-order valence-corrected chi connectivity index (χ4v) is 4.95. The molecule has 3 rings (SSSR count). The number of anilines is 1. The highest BCUT2D eigenvalue weighted by Crippen LogP contribution is 2.30. The molecule has 1 heterocycles. The van der Waals surface area contributed by atoms with Gasteiger partial charge in [-0.25, -0.2) is 0 Å². The van der Waals surface area contributed by atoms with Crippen LogP contribution in [0.4, 0.5) is 5.69 Å². The lowest BCUT2D eigenvalue weighted by Gasteiger charge is -2.32. The summed E-state index contributed by atoms with van der Waals surface area (Å²) in [5.41, 5.74) is 3.72. The summed E-state index contributed by atoms with van der Waals surface area (Å²) in [6, 6.07) is 17.2. The van der Waals surface area contributed by atoms with E-state index in [2.05, 4.69) is 66.1 Å². The number of ether oxygens (including phenoxy) is 1. The smallest absolute Gasteiger partial charge is 0.222 e. The number of hydrogen-bond acceptors (Lipinski definition) is 4. The van der Waals surface area contributed by atoms with Crippen LogP contribution in [0.5, 0.6) is 5.75 Å². The van der Waals surface area contributed by atoms with Crippen LogP contribution >= 0.6 is 0 Å². The topological polar surface area (TPSA) is 53.6 Å². The van der Waals surface area contributed by atoms with Gasteiger partial charge in [0.15, 0.2) is 0 Å². The van der Waals surface area contributed by atoms with Crippen molar-refractivity contribution in [2.45, 2.75) is 71.4 Å². The molecular formula is C29H43N3O2. The van der Waals surface area contributed by atoms with Crippen molar-refractivity contribution < 1.29 is 9.53 Å².